The molecule has 0 fully saturated rings. The molecular weight excluding hydrogens is 178 g/mol. The monoisotopic (exact) mass is 195 g/mol. The van der Waals surface area contributed by atoms with E-state index in [-0.39, 0.29) is 6.23 Å². The highest BCUT2D eigenvalue weighted by Crippen LogP contribution is 2.11. The van der Waals surface area contributed by atoms with E-state index in [1.165, 1.54) is 0 Å². The van der Waals surface area contributed by atoms with Gasteiger partial charge in [0.05, 0.1) is 0 Å². The molecule has 2 atom stereocenters. The van der Waals surface area contributed by atoms with Gasteiger partial charge in [-0.2, -0.15) is 0 Å². The van der Waals surface area contributed by atoms with Crippen molar-refractivity contribution in [2.75, 3.05) is 0 Å². The summed E-state index contributed by atoms with van der Waals surface area (Å²) in [5.41, 5.74) is 0. The summed E-state index contributed by atoms with van der Waals surface area (Å²) in [6.07, 6.45) is 0.112. The van der Waals surface area contributed by atoms with Crippen molar-refractivity contribution >= 4 is 0 Å². The fourth-order valence-electron chi connectivity index (χ4n) is 1.17. The molecule has 0 aliphatic rings. The minimum Gasteiger partial charge on any atom is -0.475 e. The maximum Gasteiger partial charge on any atom is 0.151 e. The number of hydrogen-bond donors (Lipinski definition) is 2. The molecule has 0 aliphatic carbocycles. The third-order valence-corrected chi connectivity index (χ3v) is 1.82. The first-order chi connectivity index (χ1) is 6.72. The summed E-state index contributed by atoms with van der Waals surface area (Å²) in [4.78, 5) is 0. The van der Waals surface area contributed by atoms with E-state index in [0.717, 1.165) is 12.2 Å². The molecule has 1 aromatic carbocycles. The van der Waals surface area contributed by atoms with Crippen molar-refractivity contribution in [1.29, 1.82) is 0 Å². The molecule has 3 nitrogen and oxygen atoms in total. The van der Waals surface area contributed by atoms with Gasteiger partial charge in [-0.05, 0) is 25.5 Å². The lowest BCUT2D eigenvalue weighted by Crippen LogP contribution is -2.39. The van der Waals surface area contributed by atoms with Crippen molar-refractivity contribution in [3.63, 3.8) is 0 Å². The molecule has 0 aromatic heterocycles. The number of benzene rings is 1. The first-order valence-corrected chi connectivity index (χ1v) is 4.88. The van der Waals surface area contributed by atoms with Crippen LogP contribution < -0.4 is 10.1 Å². The number of para-hydroxylation sites is 1. The van der Waals surface area contributed by atoms with Crippen LogP contribution >= 0.6 is 0 Å². The summed E-state index contributed by atoms with van der Waals surface area (Å²) in [5, 5.41) is 12.1. The van der Waals surface area contributed by atoms with E-state index in [4.69, 9.17) is 9.84 Å². The summed E-state index contributed by atoms with van der Waals surface area (Å²) < 4.78 is 5.60. The van der Waals surface area contributed by atoms with E-state index < -0.39 is 6.23 Å². The molecule has 0 saturated carbocycles. The van der Waals surface area contributed by atoms with Gasteiger partial charge in [0.15, 0.2) is 6.23 Å². The van der Waals surface area contributed by atoms with Gasteiger partial charge >= 0.3 is 0 Å². The Morgan fingerprint density at radius 1 is 1.36 bits per heavy atom. The van der Waals surface area contributed by atoms with Crippen molar-refractivity contribution in [3.8, 4) is 5.75 Å². The molecule has 1 rings (SSSR count). The zero-order valence-corrected chi connectivity index (χ0v) is 8.60. The molecule has 0 spiro atoms. The molecule has 2 unspecified atom stereocenters. The Balaban J connectivity index is 2.48. The quantitative estimate of drug-likeness (QED) is 0.703. The molecule has 3 heteroatoms. The first-order valence-electron chi connectivity index (χ1n) is 4.88. The lowest BCUT2D eigenvalue weighted by Gasteiger charge is -2.20. The van der Waals surface area contributed by atoms with Crippen LogP contribution in [0.15, 0.2) is 30.3 Å². The van der Waals surface area contributed by atoms with Crippen molar-refractivity contribution in [2.45, 2.75) is 32.7 Å². The minimum absolute atomic E-state index is 0.141. The Bertz CT molecular complexity index is 249. The highest BCUT2D eigenvalue weighted by molar-refractivity contribution is 5.21. The Labute approximate surface area is 84.7 Å². The second-order valence-corrected chi connectivity index (χ2v) is 3.17. The second kappa shape index (κ2) is 5.62. The average molecular weight is 195 g/mol. The zero-order valence-electron chi connectivity index (χ0n) is 8.60. The van der Waals surface area contributed by atoms with Gasteiger partial charge < -0.3 is 9.84 Å². The topological polar surface area (TPSA) is 41.5 Å². The molecule has 1 aromatic rings. The standard InChI is InChI=1S/C11H17NO2/c1-3-11(12-9(2)13)14-10-7-5-4-6-8-10/h4-9,11-13H,3H2,1-2H3. The predicted molar refractivity (Wildman–Crippen MR) is 56.0 cm³/mol. The maximum absolute atomic E-state index is 9.14. The number of hydrogen-bond acceptors (Lipinski definition) is 3. The normalized spacial score (nSPS) is 14.8. The largest absolute Gasteiger partial charge is 0.475 e. The van der Waals surface area contributed by atoms with Gasteiger partial charge in [-0.3, -0.25) is 5.32 Å². The Morgan fingerprint density at radius 2 is 2.00 bits per heavy atom. The van der Waals surface area contributed by atoms with Crippen LogP contribution in [0.4, 0.5) is 0 Å². The lowest BCUT2D eigenvalue weighted by atomic mass is 10.3. The van der Waals surface area contributed by atoms with Gasteiger partial charge in [-0.15, -0.1) is 0 Å². The highest BCUT2D eigenvalue weighted by atomic mass is 16.5. The Kier molecular flexibility index (Phi) is 4.43. The third-order valence-electron chi connectivity index (χ3n) is 1.82. The van der Waals surface area contributed by atoms with E-state index >= 15 is 0 Å². The molecule has 0 saturated heterocycles. The van der Waals surface area contributed by atoms with Gasteiger partial charge in [0, 0.05) is 0 Å². The summed E-state index contributed by atoms with van der Waals surface area (Å²) in [5.74, 6) is 0.813. The van der Waals surface area contributed by atoms with Crippen LogP contribution in [0.3, 0.4) is 0 Å². The summed E-state index contributed by atoms with van der Waals surface area (Å²) in [7, 11) is 0. The third kappa shape index (κ3) is 3.77. The molecular formula is C11H17NO2. The number of ether oxygens (including phenoxy) is 1. The molecule has 14 heavy (non-hydrogen) atoms. The molecule has 78 valence electrons. The maximum atomic E-state index is 9.14. The highest BCUT2D eigenvalue weighted by Gasteiger charge is 2.08. The van der Waals surface area contributed by atoms with Crippen LogP contribution in [0, 0.1) is 0 Å². The van der Waals surface area contributed by atoms with E-state index in [1.807, 2.05) is 37.3 Å². The minimum atomic E-state index is -0.552. The summed E-state index contributed by atoms with van der Waals surface area (Å²) in [6, 6.07) is 9.57. The van der Waals surface area contributed by atoms with Crippen LogP contribution in [0.2, 0.25) is 0 Å². The van der Waals surface area contributed by atoms with Crippen LogP contribution in [0.25, 0.3) is 0 Å². The molecule has 0 aliphatic heterocycles. The van der Waals surface area contributed by atoms with E-state index in [9.17, 15) is 0 Å². The number of rotatable bonds is 5. The van der Waals surface area contributed by atoms with E-state index in [2.05, 4.69) is 5.32 Å². The van der Waals surface area contributed by atoms with Crippen LogP contribution in [-0.4, -0.2) is 17.6 Å². The SMILES string of the molecule is CCC(NC(C)O)Oc1ccccc1. The average Bonchev–Trinajstić information content (AvgIpc) is 2.17. The Morgan fingerprint density at radius 3 is 2.50 bits per heavy atom. The predicted octanol–water partition coefficient (Wildman–Crippen LogP) is 1.73. The fourth-order valence-corrected chi connectivity index (χ4v) is 1.17. The summed E-state index contributed by atoms with van der Waals surface area (Å²) in [6.45, 7) is 3.68. The van der Waals surface area contributed by atoms with E-state index in [1.54, 1.807) is 6.92 Å². The molecule has 0 radical (unpaired) electrons. The lowest BCUT2D eigenvalue weighted by molar-refractivity contribution is 0.0651. The number of nitrogens with one attached hydrogen (secondary N) is 1. The van der Waals surface area contributed by atoms with Gasteiger partial charge in [0.25, 0.3) is 0 Å². The van der Waals surface area contributed by atoms with Gasteiger partial charge in [-0.25, -0.2) is 0 Å². The van der Waals surface area contributed by atoms with Gasteiger partial charge in [0.2, 0.25) is 0 Å². The van der Waals surface area contributed by atoms with Crippen molar-refractivity contribution < 1.29 is 9.84 Å². The second-order valence-electron chi connectivity index (χ2n) is 3.17. The molecule has 0 bridgehead atoms. The van der Waals surface area contributed by atoms with Crippen molar-refractivity contribution in [2.24, 2.45) is 0 Å². The zero-order chi connectivity index (χ0) is 10.4. The van der Waals surface area contributed by atoms with E-state index in [0.29, 0.717) is 0 Å². The summed E-state index contributed by atoms with van der Waals surface area (Å²) >= 11 is 0. The molecule has 0 amide bonds. The smallest absolute Gasteiger partial charge is 0.151 e. The van der Waals surface area contributed by atoms with Crippen molar-refractivity contribution in [1.82, 2.24) is 5.32 Å². The van der Waals surface area contributed by atoms with Crippen LogP contribution in [-0.2, 0) is 0 Å². The molecule has 2 N–H and O–H groups in total. The Hall–Kier alpha value is -1.06. The molecule has 0 heterocycles. The van der Waals surface area contributed by atoms with Crippen LogP contribution in [0.1, 0.15) is 20.3 Å². The van der Waals surface area contributed by atoms with Crippen LogP contribution in [0.5, 0.6) is 5.75 Å². The number of aliphatic hydroxyl groups excluding tert-OH is 1. The van der Waals surface area contributed by atoms with Gasteiger partial charge in [0.1, 0.15) is 12.0 Å². The number of aliphatic hydroxyl groups is 1. The van der Waals surface area contributed by atoms with Crippen molar-refractivity contribution in [3.05, 3.63) is 30.3 Å². The van der Waals surface area contributed by atoms with Gasteiger partial charge in [-0.1, -0.05) is 25.1 Å². The first kappa shape index (κ1) is 11.0. The fraction of sp³-hybridized carbons (Fsp3) is 0.455.